The Labute approximate surface area is 146 Å². The number of aliphatic carboxylic acids is 4. The van der Waals surface area contributed by atoms with E-state index in [2.05, 4.69) is 0 Å². The van der Waals surface area contributed by atoms with E-state index < -0.39 is 23.9 Å². The van der Waals surface area contributed by atoms with E-state index in [1.807, 2.05) is 0 Å². The summed E-state index contributed by atoms with van der Waals surface area (Å²) in [6, 6.07) is 0. The molecule has 12 N–H and O–H groups in total. The van der Waals surface area contributed by atoms with Crippen LogP contribution >= 0.6 is 0 Å². The third-order valence-corrected chi connectivity index (χ3v) is 0. The van der Waals surface area contributed by atoms with Crippen LogP contribution in [0.1, 0.15) is 27.7 Å². The summed E-state index contributed by atoms with van der Waals surface area (Å²) in [4.78, 5) is 36.0. The first-order valence-corrected chi connectivity index (χ1v) is 3.71. The molecule has 0 aliphatic heterocycles. The van der Waals surface area contributed by atoms with Crippen LogP contribution in [0.3, 0.4) is 0 Å². The molecule has 0 aliphatic rings. The average Bonchev–Trinajstić information content (AvgIpc) is 1.76. The maximum Gasteiger partial charge on any atom is 0.300 e. The zero-order valence-electron chi connectivity index (χ0n) is 12.1. The Kier molecular flexibility index (Phi) is 192. The van der Waals surface area contributed by atoms with E-state index in [9.17, 15) is 0 Å². The fraction of sp³-hybridized carbons (Fsp3) is 0.500. The molecule has 0 saturated carbocycles. The molecule has 14 heteroatoms. The minimum absolute atomic E-state index is 0. The predicted molar refractivity (Wildman–Crippen MR) is 67.7 cm³/mol. The van der Waals surface area contributed by atoms with Crippen LogP contribution in [0.5, 0.6) is 0 Å². The van der Waals surface area contributed by atoms with Gasteiger partial charge in [0.2, 0.25) is 0 Å². The molecule has 12 nitrogen and oxygen atoms in total. The maximum absolute atomic E-state index is 9.00. The molecule has 0 bridgehead atoms. The van der Waals surface area contributed by atoms with Crippen molar-refractivity contribution >= 4 is 23.9 Å². The van der Waals surface area contributed by atoms with Crippen LogP contribution in [0.25, 0.3) is 0 Å². The van der Waals surface area contributed by atoms with E-state index in [0.29, 0.717) is 0 Å². The zero-order chi connectivity index (χ0) is 14.3. The Morgan fingerprint density at radius 1 is 0.455 bits per heavy atom. The van der Waals surface area contributed by atoms with E-state index >= 15 is 0 Å². The number of carboxylic acids is 4. The van der Waals surface area contributed by atoms with Crippen LogP contribution in [0.15, 0.2) is 0 Å². The van der Waals surface area contributed by atoms with E-state index in [1.54, 1.807) is 0 Å². The molecule has 0 atom stereocenters. The molecule has 0 saturated heterocycles. The second-order valence-electron chi connectivity index (χ2n) is 2.08. The predicted octanol–water partition coefficient (Wildman–Crippen LogP) is -2.94. The molecular formula is C8H24Ni2O12. The van der Waals surface area contributed by atoms with Crippen molar-refractivity contribution in [3.63, 3.8) is 0 Å². The molecule has 0 aromatic rings. The van der Waals surface area contributed by atoms with Gasteiger partial charge in [0.25, 0.3) is 23.9 Å². The monoisotopic (exact) mass is 428 g/mol. The van der Waals surface area contributed by atoms with Crippen molar-refractivity contribution in [3.05, 3.63) is 0 Å². The van der Waals surface area contributed by atoms with Gasteiger partial charge in [-0.25, -0.2) is 0 Å². The summed E-state index contributed by atoms with van der Waals surface area (Å²) in [7, 11) is 0. The molecule has 0 radical (unpaired) electrons. The number of carboxylic acid groups (broad SMARTS) is 4. The minimum atomic E-state index is -0.833. The molecule has 148 valence electrons. The fourth-order valence-electron chi connectivity index (χ4n) is 0. The van der Waals surface area contributed by atoms with E-state index in [-0.39, 0.29) is 54.9 Å². The molecule has 0 fully saturated rings. The first kappa shape index (κ1) is 70.1. The van der Waals surface area contributed by atoms with E-state index in [1.165, 1.54) is 0 Å². The van der Waals surface area contributed by atoms with Gasteiger partial charge in [-0.3, -0.25) is 19.2 Å². The standard InChI is InChI=1S/4C2H4O2.2Ni.4H2O/c4*1-2(3)4;;;;;;/h4*1H3,(H,3,4);;;4*1H2. The van der Waals surface area contributed by atoms with Crippen LogP contribution in [0.4, 0.5) is 0 Å². The van der Waals surface area contributed by atoms with E-state index in [0.717, 1.165) is 27.7 Å². The van der Waals surface area contributed by atoms with Crippen molar-refractivity contribution in [2.45, 2.75) is 27.7 Å². The molecule has 0 aromatic carbocycles. The van der Waals surface area contributed by atoms with Crippen LogP contribution < -0.4 is 0 Å². The van der Waals surface area contributed by atoms with Gasteiger partial charge in [-0.1, -0.05) is 0 Å². The molecule has 22 heavy (non-hydrogen) atoms. The summed E-state index contributed by atoms with van der Waals surface area (Å²) >= 11 is 0. The van der Waals surface area contributed by atoms with Gasteiger partial charge in [-0.15, -0.1) is 0 Å². The molecule has 0 spiro atoms. The third kappa shape index (κ3) is 3510. The van der Waals surface area contributed by atoms with E-state index in [4.69, 9.17) is 39.6 Å². The van der Waals surface area contributed by atoms with Gasteiger partial charge in [0.1, 0.15) is 0 Å². The van der Waals surface area contributed by atoms with Gasteiger partial charge in [-0.2, -0.15) is 0 Å². The number of carbonyl (C=O) groups is 4. The SMILES string of the molecule is CC(=O)O.CC(=O)O.CC(=O)O.CC(=O)O.O.O.O.O.[Ni].[Ni]. The molecule has 0 unspecified atom stereocenters. The average molecular weight is 430 g/mol. The van der Waals surface area contributed by atoms with Gasteiger partial charge in [0, 0.05) is 60.7 Å². The van der Waals surface area contributed by atoms with Crippen LogP contribution in [0.2, 0.25) is 0 Å². The summed E-state index contributed by atoms with van der Waals surface area (Å²) in [5.41, 5.74) is 0. The first-order valence-electron chi connectivity index (χ1n) is 3.71. The van der Waals surface area contributed by atoms with Crippen LogP contribution in [0, 0.1) is 0 Å². The quantitative estimate of drug-likeness (QED) is 0.288. The summed E-state index contributed by atoms with van der Waals surface area (Å²) in [6.07, 6.45) is 0. The Hall–Kier alpha value is -1.29. The van der Waals surface area contributed by atoms with Gasteiger partial charge in [0.05, 0.1) is 0 Å². The Balaban J connectivity index is -0.00000001000. The second-order valence-corrected chi connectivity index (χ2v) is 2.08. The number of hydrogen-bond donors (Lipinski definition) is 4. The normalized spacial score (nSPS) is 4.55. The zero-order valence-corrected chi connectivity index (χ0v) is 14.0. The summed E-state index contributed by atoms with van der Waals surface area (Å²) in [6.45, 7) is 4.33. The molecule has 0 heterocycles. The molecule has 0 aliphatic carbocycles. The van der Waals surface area contributed by atoms with Crippen molar-refractivity contribution in [3.8, 4) is 0 Å². The number of rotatable bonds is 0. The van der Waals surface area contributed by atoms with Crippen molar-refractivity contribution in [1.29, 1.82) is 0 Å². The largest absolute Gasteiger partial charge is 0.481 e. The van der Waals surface area contributed by atoms with Crippen LogP contribution in [-0.4, -0.2) is 66.2 Å². The van der Waals surface area contributed by atoms with Crippen molar-refractivity contribution in [1.82, 2.24) is 0 Å². The van der Waals surface area contributed by atoms with Gasteiger partial charge in [-0.05, 0) is 0 Å². The summed E-state index contributed by atoms with van der Waals surface area (Å²) < 4.78 is 0. The smallest absolute Gasteiger partial charge is 0.300 e. The fourth-order valence-corrected chi connectivity index (χ4v) is 0. The Bertz CT molecular complexity index is 169. The maximum atomic E-state index is 9.00. The molecular weight excluding hydrogens is 405 g/mol. The topological polar surface area (TPSA) is 275 Å². The Morgan fingerprint density at radius 3 is 0.455 bits per heavy atom. The van der Waals surface area contributed by atoms with Gasteiger partial charge in [0.15, 0.2) is 0 Å². The first-order chi connectivity index (χ1) is 6.93. The molecule has 0 aromatic heterocycles. The number of hydrogen-bond acceptors (Lipinski definition) is 4. The van der Waals surface area contributed by atoms with Crippen molar-refractivity contribution in [2.75, 3.05) is 0 Å². The third-order valence-electron chi connectivity index (χ3n) is 0. The summed E-state index contributed by atoms with van der Waals surface area (Å²) in [5.74, 6) is -3.33. The summed E-state index contributed by atoms with van der Waals surface area (Å²) in [5, 5.41) is 29.7. The van der Waals surface area contributed by atoms with Crippen molar-refractivity contribution < 1.29 is 94.5 Å². The van der Waals surface area contributed by atoms with Gasteiger partial charge >= 0.3 is 0 Å². The second kappa shape index (κ2) is 60.2. The Morgan fingerprint density at radius 2 is 0.455 bits per heavy atom. The van der Waals surface area contributed by atoms with Gasteiger partial charge < -0.3 is 42.3 Å². The van der Waals surface area contributed by atoms with Crippen molar-refractivity contribution in [2.24, 2.45) is 0 Å². The molecule has 0 amide bonds. The minimum Gasteiger partial charge on any atom is -0.481 e. The molecule has 0 rings (SSSR count). The van der Waals surface area contributed by atoms with Crippen LogP contribution in [-0.2, 0) is 52.2 Å².